The molecule has 2 aliphatic rings. The number of carbonyl (C=O) groups is 2. The molecular formula is C55H107N9O13. The van der Waals surface area contributed by atoms with Gasteiger partial charge in [0.05, 0.1) is 19.2 Å². The lowest BCUT2D eigenvalue weighted by atomic mass is 9.95. The smallest absolute Gasteiger partial charge is 0.373 e. The van der Waals surface area contributed by atoms with Crippen LogP contribution in [-0.4, -0.2) is 250 Å². The van der Waals surface area contributed by atoms with E-state index in [0.29, 0.717) is 18.5 Å². The number of aliphatic hydroxyl groups excluding tert-OH is 1. The number of hydrogen-bond acceptors (Lipinski definition) is 22. The summed E-state index contributed by atoms with van der Waals surface area (Å²) in [6, 6.07) is 0. The van der Waals surface area contributed by atoms with Crippen molar-refractivity contribution < 1.29 is 62.5 Å². The molecule has 0 aromatic rings. The van der Waals surface area contributed by atoms with E-state index in [1.165, 1.54) is 0 Å². The molecule has 0 spiro atoms. The molecule has 0 saturated carbocycles. The second-order valence-electron chi connectivity index (χ2n) is 26.3. The van der Waals surface area contributed by atoms with E-state index >= 15 is 0 Å². The highest BCUT2D eigenvalue weighted by molar-refractivity contribution is 5.72. The maximum absolute atomic E-state index is 12.6. The van der Waals surface area contributed by atoms with Gasteiger partial charge in [0.25, 0.3) is 0 Å². The maximum Gasteiger partial charge on any atom is 0.373 e. The number of aliphatic hydroxyl groups is 1. The molecule has 2 fully saturated rings. The normalized spacial score (nSPS) is 17.8. The molecule has 0 radical (unpaired) electrons. The lowest BCUT2D eigenvalue weighted by Gasteiger charge is -2.38. The number of esters is 2. The van der Waals surface area contributed by atoms with Crippen molar-refractivity contribution in [1.82, 2.24) is 39.6 Å². The molecule has 1 unspecified atom stereocenters. The molecule has 2 heterocycles. The molecule has 2 aliphatic heterocycles. The van der Waals surface area contributed by atoms with Crippen molar-refractivity contribution in [2.75, 3.05) is 157 Å². The summed E-state index contributed by atoms with van der Waals surface area (Å²) in [6.07, 6.45) is 0.459. The first-order valence-corrected chi connectivity index (χ1v) is 26.8. The van der Waals surface area contributed by atoms with Gasteiger partial charge in [-0.15, -0.1) is 0 Å². The van der Waals surface area contributed by atoms with Crippen molar-refractivity contribution in [3.8, 4) is 0 Å². The number of nitrogens with zero attached hydrogens (tertiary/aromatic N) is 7. The van der Waals surface area contributed by atoms with Crippen LogP contribution < -0.4 is 11.1 Å². The van der Waals surface area contributed by atoms with Gasteiger partial charge < -0.3 is 45.2 Å². The molecule has 22 heteroatoms. The van der Waals surface area contributed by atoms with Crippen LogP contribution in [0.2, 0.25) is 0 Å². The fourth-order valence-corrected chi connectivity index (χ4v) is 8.38. The molecule has 4 N–H and O–H groups in total. The summed E-state index contributed by atoms with van der Waals surface area (Å²) in [6.45, 7) is 59.7. The minimum absolute atomic E-state index is 0.131. The minimum Gasteiger partial charge on any atom is -0.459 e. The maximum atomic E-state index is 12.6. The van der Waals surface area contributed by atoms with Crippen LogP contribution in [0.25, 0.3) is 0 Å². The van der Waals surface area contributed by atoms with Gasteiger partial charge in [-0.3, -0.25) is 24.3 Å². The number of ether oxygens (including phenoxy) is 2. The molecule has 22 nitrogen and oxygen atoms in total. The number of nitrogens with one attached hydrogen (secondary N) is 1. The van der Waals surface area contributed by atoms with Crippen LogP contribution in [0.4, 0.5) is 0 Å². The van der Waals surface area contributed by atoms with Crippen LogP contribution in [0.1, 0.15) is 125 Å². The molecule has 0 aromatic heterocycles. The first kappa shape index (κ1) is 79.5. The highest BCUT2D eigenvalue weighted by atomic mass is 16.6. The average molecular weight is 1100 g/mol. The van der Waals surface area contributed by atoms with E-state index < -0.39 is 17.3 Å². The van der Waals surface area contributed by atoms with Gasteiger partial charge in [0, 0.05) is 144 Å². The minimum atomic E-state index is -0.541. The molecule has 0 amide bonds. The summed E-state index contributed by atoms with van der Waals surface area (Å²) in [5.74, 6) is -0.315. The van der Waals surface area contributed by atoms with Gasteiger partial charge >= 0.3 is 36.5 Å². The lowest BCUT2D eigenvalue weighted by molar-refractivity contribution is -0.193. The molecule has 2 saturated heterocycles. The van der Waals surface area contributed by atoms with Crippen LogP contribution in [0.15, 0.2) is 0 Å². The summed E-state index contributed by atoms with van der Waals surface area (Å²) < 4.78 is 11.2. The number of carbonyl (C=O) groups excluding carboxylic acids is 10. The predicted molar refractivity (Wildman–Crippen MR) is 293 cm³/mol. The molecule has 450 valence electrons. The Morgan fingerprint density at radius 2 is 0.623 bits per heavy atom. The van der Waals surface area contributed by atoms with E-state index in [9.17, 15) is 14.7 Å². The Morgan fingerprint density at radius 3 is 0.857 bits per heavy atom. The Labute approximate surface area is 463 Å². The van der Waals surface area contributed by atoms with E-state index in [4.69, 9.17) is 53.6 Å². The second kappa shape index (κ2) is 42.0. The standard InChI is InChI=1S/C27H57N5O3.C24H50N4O2.4CO2/c1-25(2,3)21-31-14-12-29(19-23(33)18-28)10-11-30(20-24(34)35-27(7,8)9)13-15-32(17-16-31)22-26(4,5)6;1-22(2,3)19-27-13-11-25-10-12-26(18-21(29)30-24(7,8)9)14-15-28(17-16-27)20-23(4,5)6;4*2-1-3/h23,33H,10-22,28H2,1-9H3;25H,10-20H2,1-9H3;;;;. The van der Waals surface area contributed by atoms with Crippen LogP contribution in [0, 0.1) is 21.7 Å². The van der Waals surface area contributed by atoms with E-state index in [2.05, 4.69) is 123 Å². The van der Waals surface area contributed by atoms with Crippen molar-refractivity contribution >= 4 is 36.5 Å². The van der Waals surface area contributed by atoms with Gasteiger partial charge in [-0.2, -0.15) is 38.4 Å². The molecule has 0 aliphatic carbocycles. The molecule has 77 heavy (non-hydrogen) atoms. The molecule has 0 bridgehead atoms. The summed E-state index contributed by atoms with van der Waals surface area (Å²) in [4.78, 5) is 107. The molecular weight excluding hydrogens is 995 g/mol. The third-order valence-electron chi connectivity index (χ3n) is 10.7. The van der Waals surface area contributed by atoms with Crippen molar-refractivity contribution in [1.29, 1.82) is 0 Å². The van der Waals surface area contributed by atoms with Gasteiger partial charge in [-0.05, 0) is 63.2 Å². The number of rotatable bonds is 11. The van der Waals surface area contributed by atoms with Crippen LogP contribution in [-0.2, 0) is 57.4 Å². The third-order valence-corrected chi connectivity index (χ3v) is 10.7. The van der Waals surface area contributed by atoms with Crippen molar-refractivity contribution in [2.24, 2.45) is 27.4 Å². The van der Waals surface area contributed by atoms with Crippen LogP contribution >= 0.6 is 0 Å². The summed E-state index contributed by atoms with van der Waals surface area (Å²) in [5.41, 5.74) is 5.78. The fraction of sp³-hybridized carbons (Fsp3) is 0.891. The molecule has 0 aromatic carbocycles. The van der Waals surface area contributed by atoms with E-state index in [1.807, 2.05) is 41.5 Å². The van der Waals surface area contributed by atoms with Gasteiger partial charge in [0.2, 0.25) is 0 Å². The fourth-order valence-electron chi connectivity index (χ4n) is 8.38. The molecule has 1 atom stereocenters. The average Bonchev–Trinajstić information content (AvgIpc) is 3.22. The number of β-amino-alcohol motifs (C(OH)–C–C–N with tert-alkyl or cyclic N) is 1. The van der Waals surface area contributed by atoms with Gasteiger partial charge in [-0.25, -0.2) is 0 Å². The zero-order chi connectivity index (χ0) is 60.7. The highest BCUT2D eigenvalue weighted by Gasteiger charge is 2.27. The second-order valence-corrected chi connectivity index (χ2v) is 26.3. The van der Waals surface area contributed by atoms with Crippen molar-refractivity contribution in [3.05, 3.63) is 0 Å². The van der Waals surface area contributed by atoms with Crippen LogP contribution in [0.3, 0.4) is 0 Å². The van der Waals surface area contributed by atoms with E-state index in [0.717, 1.165) is 131 Å². The Bertz CT molecular complexity index is 1640. The van der Waals surface area contributed by atoms with Gasteiger partial charge in [-0.1, -0.05) is 83.1 Å². The highest BCUT2D eigenvalue weighted by Crippen LogP contribution is 2.20. The Kier molecular flexibility index (Phi) is 43.4. The first-order chi connectivity index (χ1) is 35.2. The first-order valence-electron chi connectivity index (χ1n) is 26.8. The number of nitrogens with two attached hydrogens (primary N) is 1. The summed E-state index contributed by atoms with van der Waals surface area (Å²) in [5, 5.41) is 13.8. The van der Waals surface area contributed by atoms with E-state index in [1.54, 1.807) is 0 Å². The molecule has 2 rings (SSSR count). The topological polar surface area (TPSA) is 270 Å². The summed E-state index contributed by atoms with van der Waals surface area (Å²) in [7, 11) is 0. The largest absolute Gasteiger partial charge is 0.459 e. The lowest BCUT2D eigenvalue weighted by Crippen LogP contribution is -2.50. The third kappa shape index (κ3) is 58.0. The van der Waals surface area contributed by atoms with Crippen molar-refractivity contribution in [3.63, 3.8) is 0 Å². The summed E-state index contributed by atoms with van der Waals surface area (Å²) >= 11 is 0. The SMILES string of the molecule is CC(C)(C)CN1CCN(CC(=O)OC(C)(C)C)CCN(CC(O)CN)CCN(CC(C)(C)C)CC1.CC(C)(C)CN1CCNCCN(CC(=O)OC(C)(C)C)CCN(CC(C)(C)C)CC1.O=C=O.O=C=O.O=C=O.O=C=O. The van der Waals surface area contributed by atoms with Gasteiger partial charge in [0.1, 0.15) is 11.2 Å². The van der Waals surface area contributed by atoms with Gasteiger partial charge in [0.15, 0.2) is 0 Å². The zero-order valence-corrected chi connectivity index (χ0v) is 51.1. The quantitative estimate of drug-likeness (QED) is 0.251. The Hall–Kier alpha value is -3.94. The predicted octanol–water partition coefficient (Wildman–Crippen LogP) is 2.56. The Morgan fingerprint density at radius 1 is 0.416 bits per heavy atom. The monoisotopic (exact) mass is 1100 g/mol. The van der Waals surface area contributed by atoms with E-state index in [-0.39, 0.29) is 65.9 Å². The zero-order valence-electron chi connectivity index (χ0n) is 51.1. The van der Waals surface area contributed by atoms with Crippen LogP contribution in [0.5, 0.6) is 0 Å². The number of hydrogen-bond donors (Lipinski definition) is 3. The van der Waals surface area contributed by atoms with Crippen molar-refractivity contribution in [2.45, 2.75) is 142 Å². The Balaban J connectivity index is -0.000000577.